The molecule has 0 saturated heterocycles. The summed E-state index contributed by atoms with van der Waals surface area (Å²) in [5, 5.41) is 13.5. The summed E-state index contributed by atoms with van der Waals surface area (Å²) in [6.07, 6.45) is 4.65. The maximum absolute atomic E-state index is 11.9. The molecule has 0 amide bonds. The van der Waals surface area contributed by atoms with Gasteiger partial charge in [0.15, 0.2) is 0 Å². The standard InChI is InChI=1S/C19H28N2O2/c1-13(2)17(18(22)23)21-12-19(10-8-14(3)9-11-19)20-15-6-4-5-7-16(15)21/h4-7,13-14,17,20H,8-12H2,1-3H3,(H,22,23). The van der Waals surface area contributed by atoms with Gasteiger partial charge in [-0.3, -0.25) is 0 Å². The van der Waals surface area contributed by atoms with Gasteiger partial charge in [-0.25, -0.2) is 4.79 Å². The Morgan fingerprint density at radius 3 is 2.57 bits per heavy atom. The van der Waals surface area contributed by atoms with E-state index in [1.165, 1.54) is 12.8 Å². The summed E-state index contributed by atoms with van der Waals surface area (Å²) in [5.41, 5.74) is 2.13. The fraction of sp³-hybridized carbons (Fsp3) is 0.632. The van der Waals surface area contributed by atoms with E-state index in [9.17, 15) is 9.90 Å². The summed E-state index contributed by atoms with van der Waals surface area (Å²) in [4.78, 5) is 14.0. The highest BCUT2D eigenvalue weighted by Gasteiger charge is 2.43. The van der Waals surface area contributed by atoms with E-state index in [4.69, 9.17) is 0 Å². The van der Waals surface area contributed by atoms with Crippen LogP contribution in [0.3, 0.4) is 0 Å². The number of rotatable bonds is 3. The summed E-state index contributed by atoms with van der Waals surface area (Å²) in [6, 6.07) is 7.67. The first kappa shape index (κ1) is 16.2. The fourth-order valence-electron chi connectivity index (χ4n) is 4.19. The summed E-state index contributed by atoms with van der Waals surface area (Å²) < 4.78 is 0. The molecule has 1 aromatic rings. The molecule has 1 unspecified atom stereocenters. The highest BCUT2D eigenvalue weighted by Crippen LogP contribution is 2.43. The molecule has 0 bridgehead atoms. The summed E-state index contributed by atoms with van der Waals surface area (Å²) in [7, 11) is 0. The van der Waals surface area contributed by atoms with Crippen molar-refractivity contribution in [2.75, 3.05) is 16.8 Å². The molecule has 1 aromatic carbocycles. The predicted molar refractivity (Wildman–Crippen MR) is 94.0 cm³/mol. The number of carboxylic acids is 1. The van der Waals surface area contributed by atoms with Gasteiger partial charge in [-0.15, -0.1) is 0 Å². The molecule has 2 N–H and O–H groups in total. The number of para-hydroxylation sites is 2. The number of anilines is 2. The van der Waals surface area contributed by atoms with Crippen LogP contribution in [0.5, 0.6) is 0 Å². The lowest BCUT2D eigenvalue weighted by Crippen LogP contribution is -2.59. The van der Waals surface area contributed by atoms with Crippen LogP contribution in [0.2, 0.25) is 0 Å². The number of nitrogens with one attached hydrogen (secondary N) is 1. The van der Waals surface area contributed by atoms with Gasteiger partial charge in [0.2, 0.25) is 0 Å². The second-order valence-electron chi connectivity index (χ2n) is 7.76. The summed E-state index contributed by atoms with van der Waals surface area (Å²) >= 11 is 0. The zero-order chi connectivity index (χ0) is 16.6. The van der Waals surface area contributed by atoms with Crippen LogP contribution in [0.15, 0.2) is 24.3 Å². The minimum Gasteiger partial charge on any atom is -0.480 e. The first-order valence-corrected chi connectivity index (χ1v) is 8.78. The molecule has 1 aliphatic carbocycles. The van der Waals surface area contributed by atoms with Gasteiger partial charge in [-0.2, -0.15) is 0 Å². The number of nitrogens with zero attached hydrogens (tertiary/aromatic N) is 1. The Kier molecular flexibility index (Phi) is 4.26. The van der Waals surface area contributed by atoms with Crippen LogP contribution in [0.4, 0.5) is 11.4 Å². The van der Waals surface area contributed by atoms with Crippen molar-refractivity contribution in [1.82, 2.24) is 0 Å². The third-order valence-electron chi connectivity index (χ3n) is 5.54. The third kappa shape index (κ3) is 3.04. The van der Waals surface area contributed by atoms with Gasteiger partial charge in [0.05, 0.1) is 16.9 Å². The Hall–Kier alpha value is -1.71. The molecule has 1 fully saturated rings. The zero-order valence-electron chi connectivity index (χ0n) is 14.4. The zero-order valence-corrected chi connectivity index (χ0v) is 14.4. The van der Waals surface area contributed by atoms with Gasteiger partial charge in [-0.1, -0.05) is 32.9 Å². The highest BCUT2D eigenvalue weighted by atomic mass is 16.4. The molecule has 1 aliphatic heterocycles. The Balaban J connectivity index is 1.99. The molecule has 4 nitrogen and oxygen atoms in total. The maximum atomic E-state index is 11.9. The van der Waals surface area contributed by atoms with Crippen molar-refractivity contribution >= 4 is 17.3 Å². The number of carboxylic acid groups (broad SMARTS) is 1. The number of aliphatic carboxylic acids is 1. The Bertz CT molecular complexity index is 576. The van der Waals surface area contributed by atoms with E-state index in [-0.39, 0.29) is 11.5 Å². The SMILES string of the molecule is CC1CCC2(CC1)CN(C(C(=O)O)C(C)C)c1ccccc1N2. The van der Waals surface area contributed by atoms with Crippen molar-refractivity contribution in [1.29, 1.82) is 0 Å². The number of hydrogen-bond donors (Lipinski definition) is 2. The van der Waals surface area contributed by atoms with E-state index >= 15 is 0 Å². The lowest BCUT2D eigenvalue weighted by Gasteiger charge is -2.50. The molecule has 0 aromatic heterocycles. The van der Waals surface area contributed by atoms with Gasteiger partial charge in [0.1, 0.15) is 6.04 Å². The predicted octanol–water partition coefficient (Wildman–Crippen LogP) is 3.98. The van der Waals surface area contributed by atoms with Gasteiger partial charge in [-0.05, 0) is 49.7 Å². The van der Waals surface area contributed by atoms with E-state index in [1.807, 2.05) is 32.0 Å². The average Bonchev–Trinajstić information content (AvgIpc) is 2.50. The smallest absolute Gasteiger partial charge is 0.326 e. The first-order valence-electron chi connectivity index (χ1n) is 8.78. The molecule has 3 rings (SSSR count). The molecule has 1 heterocycles. The number of benzene rings is 1. The van der Waals surface area contributed by atoms with Crippen molar-refractivity contribution in [2.24, 2.45) is 11.8 Å². The molecule has 1 spiro atoms. The molecule has 23 heavy (non-hydrogen) atoms. The third-order valence-corrected chi connectivity index (χ3v) is 5.54. The monoisotopic (exact) mass is 316 g/mol. The molecular formula is C19H28N2O2. The second kappa shape index (κ2) is 6.06. The Labute approximate surface area is 138 Å². The largest absolute Gasteiger partial charge is 0.480 e. The average molecular weight is 316 g/mol. The van der Waals surface area contributed by atoms with Crippen LogP contribution in [0.25, 0.3) is 0 Å². The molecular weight excluding hydrogens is 288 g/mol. The van der Waals surface area contributed by atoms with Gasteiger partial charge in [0, 0.05) is 6.54 Å². The van der Waals surface area contributed by atoms with Crippen LogP contribution in [-0.4, -0.2) is 29.2 Å². The maximum Gasteiger partial charge on any atom is 0.326 e. The normalized spacial score (nSPS) is 28.3. The van der Waals surface area contributed by atoms with Gasteiger partial charge in [0.25, 0.3) is 0 Å². The molecule has 4 heteroatoms. The second-order valence-corrected chi connectivity index (χ2v) is 7.76. The molecule has 126 valence electrons. The van der Waals surface area contributed by atoms with E-state index in [2.05, 4.69) is 23.2 Å². The van der Waals surface area contributed by atoms with Gasteiger partial charge >= 0.3 is 5.97 Å². The molecule has 1 atom stereocenters. The van der Waals surface area contributed by atoms with Crippen LogP contribution in [0.1, 0.15) is 46.5 Å². The van der Waals surface area contributed by atoms with Crippen molar-refractivity contribution in [2.45, 2.75) is 58.0 Å². The quantitative estimate of drug-likeness (QED) is 0.886. The van der Waals surface area contributed by atoms with Crippen LogP contribution >= 0.6 is 0 Å². The topological polar surface area (TPSA) is 52.6 Å². The van der Waals surface area contributed by atoms with Crippen molar-refractivity contribution < 1.29 is 9.90 Å². The summed E-state index contributed by atoms with van der Waals surface area (Å²) in [5.74, 6) is 0.114. The van der Waals surface area contributed by atoms with Crippen molar-refractivity contribution in [3.63, 3.8) is 0 Å². The minimum atomic E-state index is -0.726. The van der Waals surface area contributed by atoms with Gasteiger partial charge < -0.3 is 15.3 Å². The number of hydrogen-bond acceptors (Lipinski definition) is 3. The number of fused-ring (bicyclic) bond motifs is 1. The summed E-state index contributed by atoms with van der Waals surface area (Å²) in [6.45, 7) is 7.10. The van der Waals surface area contributed by atoms with Crippen LogP contribution in [0, 0.1) is 11.8 Å². The lowest BCUT2D eigenvalue weighted by molar-refractivity contribution is -0.139. The fourth-order valence-corrected chi connectivity index (χ4v) is 4.19. The van der Waals surface area contributed by atoms with Crippen molar-refractivity contribution in [3.05, 3.63) is 24.3 Å². The Morgan fingerprint density at radius 2 is 1.96 bits per heavy atom. The minimum absolute atomic E-state index is 0.0173. The van der Waals surface area contributed by atoms with Crippen molar-refractivity contribution in [3.8, 4) is 0 Å². The Morgan fingerprint density at radius 1 is 1.30 bits per heavy atom. The molecule has 0 radical (unpaired) electrons. The molecule has 2 aliphatic rings. The first-order chi connectivity index (χ1) is 10.9. The highest BCUT2D eigenvalue weighted by molar-refractivity contribution is 5.83. The van der Waals surface area contributed by atoms with E-state index < -0.39 is 12.0 Å². The van der Waals surface area contributed by atoms with E-state index in [0.29, 0.717) is 0 Å². The van der Waals surface area contributed by atoms with E-state index in [1.54, 1.807) is 0 Å². The molecule has 1 saturated carbocycles. The van der Waals surface area contributed by atoms with E-state index in [0.717, 1.165) is 36.7 Å². The number of carbonyl (C=O) groups is 1. The van der Waals surface area contributed by atoms with Crippen LogP contribution < -0.4 is 10.2 Å². The van der Waals surface area contributed by atoms with Crippen LogP contribution in [-0.2, 0) is 4.79 Å². The lowest BCUT2D eigenvalue weighted by atomic mass is 9.75.